The number of rotatable bonds is 5. The molecule has 0 aromatic heterocycles. The summed E-state index contributed by atoms with van der Waals surface area (Å²) in [7, 11) is 3.38. The zero-order valence-electron chi connectivity index (χ0n) is 9.77. The maximum absolute atomic E-state index is 11.8. The van der Waals surface area contributed by atoms with Crippen molar-refractivity contribution in [3.8, 4) is 0 Å². The lowest BCUT2D eigenvalue weighted by Crippen LogP contribution is -2.26. The highest BCUT2D eigenvalue weighted by atomic mass is 16.5. The Balaban J connectivity index is 2.56. The van der Waals surface area contributed by atoms with Crippen LogP contribution in [0.2, 0.25) is 0 Å². The fourth-order valence-corrected chi connectivity index (χ4v) is 1.41. The molecule has 0 saturated carbocycles. The van der Waals surface area contributed by atoms with Gasteiger partial charge in [-0.2, -0.15) is 0 Å². The van der Waals surface area contributed by atoms with Crippen LogP contribution in [0.4, 0.5) is 11.4 Å². The summed E-state index contributed by atoms with van der Waals surface area (Å²) in [6, 6.07) is 7.29. The number of methoxy groups -OCH3 is 1. The van der Waals surface area contributed by atoms with Crippen LogP contribution < -0.4 is 10.6 Å². The molecule has 0 fully saturated rings. The quantitative estimate of drug-likeness (QED) is 0.609. The van der Waals surface area contributed by atoms with Gasteiger partial charge in [0.15, 0.2) is 0 Å². The van der Waals surface area contributed by atoms with Crippen molar-refractivity contribution in [1.29, 1.82) is 0 Å². The van der Waals surface area contributed by atoms with Gasteiger partial charge < -0.3 is 15.4 Å². The Morgan fingerprint density at radius 1 is 1.50 bits per heavy atom. The minimum atomic E-state index is 0.0719. The van der Waals surface area contributed by atoms with Crippen LogP contribution in [0, 0.1) is 0 Å². The number of ether oxygens (including phenoxy) is 1. The number of carbonyl (C=O) groups is 1. The maximum atomic E-state index is 11.8. The summed E-state index contributed by atoms with van der Waals surface area (Å²) in [5.41, 5.74) is 7.14. The van der Waals surface area contributed by atoms with E-state index >= 15 is 0 Å². The Labute approximate surface area is 96.0 Å². The first-order chi connectivity index (χ1) is 7.65. The Kier molecular flexibility index (Phi) is 4.79. The van der Waals surface area contributed by atoms with E-state index in [0.29, 0.717) is 18.7 Å². The van der Waals surface area contributed by atoms with E-state index < -0.39 is 0 Å². The van der Waals surface area contributed by atoms with Crippen molar-refractivity contribution in [1.82, 2.24) is 0 Å². The highest BCUT2D eigenvalue weighted by molar-refractivity contribution is 5.93. The maximum Gasteiger partial charge on any atom is 0.226 e. The van der Waals surface area contributed by atoms with E-state index in [0.717, 1.165) is 12.1 Å². The van der Waals surface area contributed by atoms with Gasteiger partial charge >= 0.3 is 0 Å². The molecule has 0 spiro atoms. The number of hydrogen-bond acceptors (Lipinski definition) is 3. The lowest BCUT2D eigenvalue weighted by atomic mass is 10.2. The third-order valence-corrected chi connectivity index (χ3v) is 2.37. The Hall–Kier alpha value is -1.55. The van der Waals surface area contributed by atoms with E-state index in [1.807, 2.05) is 12.1 Å². The molecule has 1 amide bonds. The van der Waals surface area contributed by atoms with E-state index in [-0.39, 0.29) is 5.91 Å². The molecule has 2 N–H and O–H groups in total. The van der Waals surface area contributed by atoms with Gasteiger partial charge in [-0.1, -0.05) is 6.07 Å². The van der Waals surface area contributed by atoms with Gasteiger partial charge in [0.05, 0.1) is 0 Å². The minimum absolute atomic E-state index is 0.0719. The summed E-state index contributed by atoms with van der Waals surface area (Å²) in [5, 5.41) is 0. The molecule has 0 bridgehead atoms. The third kappa shape index (κ3) is 3.55. The smallest absolute Gasteiger partial charge is 0.226 e. The van der Waals surface area contributed by atoms with Gasteiger partial charge in [0.2, 0.25) is 5.91 Å². The van der Waals surface area contributed by atoms with Gasteiger partial charge in [0.1, 0.15) is 0 Å². The van der Waals surface area contributed by atoms with Gasteiger partial charge in [-0.05, 0) is 24.6 Å². The number of benzene rings is 1. The molecule has 4 heteroatoms. The van der Waals surface area contributed by atoms with Gasteiger partial charge in [-0.15, -0.1) is 0 Å². The van der Waals surface area contributed by atoms with E-state index in [9.17, 15) is 4.79 Å². The van der Waals surface area contributed by atoms with Crippen molar-refractivity contribution in [3.63, 3.8) is 0 Å². The molecule has 0 unspecified atom stereocenters. The third-order valence-electron chi connectivity index (χ3n) is 2.37. The minimum Gasteiger partial charge on any atom is -0.399 e. The van der Waals surface area contributed by atoms with Gasteiger partial charge in [-0.3, -0.25) is 4.79 Å². The molecule has 0 aliphatic heterocycles. The summed E-state index contributed by atoms with van der Waals surface area (Å²) in [5.74, 6) is 0.0719. The summed E-state index contributed by atoms with van der Waals surface area (Å²) >= 11 is 0. The summed E-state index contributed by atoms with van der Waals surface area (Å²) in [6.07, 6.45) is 1.22. The molecule has 1 aromatic carbocycles. The molecule has 4 nitrogen and oxygen atoms in total. The highest BCUT2D eigenvalue weighted by Gasteiger charge is 2.10. The normalized spacial score (nSPS) is 10.1. The number of carbonyl (C=O) groups excluding carboxylic acids is 1. The average molecular weight is 222 g/mol. The fourth-order valence-electron chi connectivity index (χ4n) is 1.41. The van der Waals surface area contributed by atoms with Crippen LogP contribution in [-0.4, -0.2) is 26.7 Å². The molecular weight excluding hydrogens is 204 g/mol. The lowest BCUT2D eigenvalue weighted by Gasteiger charge is -2.17. The number of anilines is 2. The molecular formula is C12H18N2O2. The Morgan fingerprint density at radius 3 is 2.88 bits per heavy atom. The van der Waals surface area contributed by atoms with Gasteiger partial charge in [-0.25, -0.2) is 0 Å². The molecule has 1 rings (SSSR count). The van der Waals surface area contributed by atoms with Crippen LogP contribution >= 0.6 is 0 Å². The fraction of sp³-hybridized carbons (Fsp3) is 0.417. The van der Waals surface area contributed by atoms with Crippen LogP contribution in [0.1, 0.15) is 12.8 Å². The number of nitrogens with zero attached hydrogens (tertiary/aromatic N) is 1. The van der Waals surface area contributed by atoms with Crippen LogP contribution in [-0.2, 0) is 9.53 Å². The SMILES string of the molecule is COCCCC(=O)N(C)c1cccc(N)c1. The summed E-state index contributed by atoms with van der Waals surface area (Å²) in [6.45, 7) is 0.608. The standard InChI is InChI=1S/C12H18N2O2/c1-14(12(15)7-4-8-16-2)11-6-3-5-10(13)9-11/h3,5-6,9H,4,7-8,13H2,1-2H3. The molecule has 0 aliphatic carbocycles. The molecule has 0 saturated heterocycles. The first-order valence-electron chi connectivity index (χ1n) is 5.26. The highest BCUT2D eigenvalue weighted by Crippen LogP contribution is 2.16. The topological polar surface area (TPSA) is 55.6 Å². The van der Waals surface area contributed by atoms with E-state index in [1.54, 1.807) is 31.2 Å². The van der Waals surface area contributed by atoms with Crippen LogP contribution in [0.3, 0.4) is 0 Å². The van der Waals surface area contributed by atoms with E-state index in [2.05, 4.69) is 0 Å². The number of nitrogens with two attached hydrogens (primary N) is 1. The van der Waals surface area contributed by atoms with Crippen molar-refractivity contribution in [3.05, 3.63) is 24.3 Å². The number of nitrogen functional groups attached to an aromatic ring is 1. The van der Waals surface area contributed by atoms with Crippen molar-refractivity contribution < 1.29 is 9.53 Å². The van der Waals surface area contributed by atoms with Crippen LogP contribution in [0.5, 0.6) is 0 Å². The van der Waals surface area contributed by atoms with Crippen LogP contribution in [0.25, 0.3) is 0 Å². The van der Waals surface area contributed by atoms with Crippen molar-refractivity contribution in [2.45, 2.75) is 12.8 Å². The van der Waals surface area contributed by atoms with Gasteiger partial charge in [0.25, 0.3) is 0 Å². The molecule has 1 aromatic rings. The Morgan fingerprint density at radius 2 is 2.25 bits per heavy atom. The number of hydrogen-bond donors (Lipinski definition) is 1. The first-order valence-corrected chi connectivity index (χ1v) is 5.26. The second-order valence-corrected chi connectivity index (χ2v) is 3.64. The molecule has 88 valence electrons. The molecule has 0 heterocycles. The Bertz CT molecular complexity index is 353. The summed E-state index contributed by atoms with van der Waals surface area (Å²) < 4.78 is 4.91. The van der Waals surface area contributed by atoms with E-state index in [4.69, 9.17) is 10.5 Å². The number of amides is 1. The first kappa shape index (κ1) is 12.5. The predicted octanol–water partition coefficient (Wildman–Crippen LogP) is 1.66. The summed E-state index contributed by atoms with van der Waals surface area (Å²) in [4.78, 5) is 13.4. The lowest BCUT2D eigenvalue weighted by molar-refractivity contribution is -0.118. The predicted molar refractivity (Wildman–Crippen MR) is 65.4 cm³/mol. The average Bonchev–Trinajstić information content (AvgIpc) is 2.28. The molecule has 16 heavy (non-hydrogen) atoms. The monoisotopic (exact) mass is 222 g/mol. The second-order valence-electron chi connectivity index (χ2n) is 3.64. The van der Waals surface area contributed by atoms with Gasteiger partial charge in [0, 0.05) is 38.6 Å². The van der Waals surface area contributed by atoms with Crippen molar-refractivity contribution >= 4 is 17.3 Å². The zero-order chi connectivity index (χ0) is 12.0. The second kappa shape index (κ2) is 6.12. The zero-order valence-corrected chi connectivity index (χ0v) is 9.77. The van der Waals surface area contributed by atoms with Crippen molar-refractivity contribution in [2.75, 3.05) is 31.4 Å². The molecule has 0 radical (unpaired) electrons. The largest absolute Gasteiger partial charge is 0.399 e. The molecule has 0 aliphatic rings. The van der Waals surface area contributed by atoms with Crippen LogP contribution in [0.15, 0.2) is 24.3 Å². The van der Waals surface area contributed by atoms with E-state index in [1.165, 1.54) is 0 Å². The molecule has 0 atom stereocenters. The van der Waals surface area contributed by atoms with Crippen molar-refractivity contribution in [2.24, 2.45) is 0 Å².